The third kappa shape index (κ3) is 4.13. The van der Waals surface area contributed by atoms with Crippen molar-refractivity contribution in [3.63, 3.8) is 0 Å². The molecule has 2 rings (SSSR count). The van der Waals surface area contributed by atoms with Gasteiger partial charge in [-0.2, -0.15) is 0 Å². The van der Waals surface area contributed by atoms with Gasteiger partial charge in [-0.05, 0) is 31.0 Å². The molecule has 0 aliphatic heterocycles. The number of rotatable bonds is 6. The summed E-state index contributed by atoms with van der Waals surface area (Å²) in [5, 5.41) is 12.1. The average molecular weight is 278 g/mol. The monoisotopic (exact) mass is 278 g/mol. The molecule has 4 N–H and O–H groups in total. The van der Waals surface area contributed by atoms with E-state index in [1.807, 2.05) is 0 Å². The summed E-state index contributed by atoms with van der Waals surface area (Å²) in [5.41, 5.74) is 7.25. The topological polar surface area (TPSA) is 84.6 Å². The largest absolute Gasteiger partial charge is 0.478 e. The molecular weight excluding hydrogens is 256 g/mol. The standard InChI is InChI=1S/C15H22N2O3/c16-13-7-6-11(15(18)19)10-14(13)17-8-9-20-12-4-2-1-3-5-12/h6-7,10,12,17H,1-5,8-9,16H2,(H,18,19). The van der Waals surface area contributed by atoms with Gasteiger partial charge in [-0.15, -0.1) is 0 Å². The van der Waals surface area contributed by atoms with E-state index in [1.54, 1.807) is 12.1 Å². The maximum absolute atomic E-state index is 10.9. The summed E-state index contributed by atoms with van der Waals surface area (Å²) >= 11 is 0. The number of hydrogen-bond donors (Lipinski definition) is 3. The average Bonchev–Trinajstić information content (AvgIpc) is 2.46. The van der Waals surface area contributed by atoms with Crippen molar-refractivity contribution in [1.82, 2.24) is 0 Å². The first-order valence-electron chi connectivity index (χ1n) is 7.15. The lowest BCUT2D eigenvalue weighted by Crippen LogP contribution is -2.20. The SMILES string of the molecule is Nc1ccc(C(=O)O)cc1NCCOC1CCCCC1. The van der Waals surface area contributed by atoms with E-state index >= 15 is 0 Å². The quantitative estimate of drug-likeness (QED) is 0.550. The second-order valence-corrected chi connectivity index (χ2v) is 5.16. The van der Waals surface area contributed by atoms with Gasteiger partial charge in [-0.3, -0.25) is 0 Å². The number of carboxylic acid groups (broad SMARTS) is 1. The molecule has 0 saturated heterocycles. The molecule has 1 aromatic rings. The molecule has 5 nitrogen and oxygen atoms in total. The highest BCUT2D eigenvalue weighted by atomic mass is 16.5. The van der Waals surface area contributed by atoms with Crippen molar-refractivity contribution in [3.05, 3.63) is 23.8 Å². The van der Waals surface area contributed by atoms with Gasteiger partial charge in [0.2, 0.25) is 0 Å². The number of aromatic carboxylic acids is 1. The molecule has 20 heavy (non-hydrogen) atoms. The molecule has 0 atom stereocenters. The number of carboxylic acids is 1. The number of benzene rings is 1. The fourth-order valence-corrected chi connectivity index (χ4v) is 2.49. The van der Waals surface area contributed by atoms with Crippen LogP contribution in [0.1, 0.15) is 42.5 Å². The highest BCUT2D eigenvalue weighted by Crippen LogP contribution is 2.21. The van der Waals surface area contributed by atoms with Gasteiger partial charge in [0.15, 0.2) is 0 Å². The Labute approximate surface area is 119 Å². The summed E-state index contributed by atoms with van der Waals surface area (Å²) in [6.45, 7) is 1.24. The molecule has 0 radical (unpaired) electrons. The van der Waals surface area contributed by atoms with Crippen molar-refractivity contribution in [3.8, 4) is 0 Å². The molecule has 1 saturated carbocycles. The Balaban J connectivity index is 1.78. The molecule has 0 unspecified atom stereocenters. The van der Waals surface area contributed by atoms with Crippen LogP contribution in [-0.2, 0) is 4.74 Å². The number of nitrogens with one attached hydrogen (secondary N) is 1. The van der Waals surface area contributed by atoms with Crippen LogP contribution in [-0.4, -0.2) is 30.3 Å². The fourth-order valence-electron chi connectivity index (χ4n) is 2.49. The Morgan fingerprint density at radius 2 is 2.10 bits per heavy atom. The number of nitrogens with two attached hydrogens (primary N) is 1. The maximum atomic E-state index is 10.9. The van der Waals surface area contributed by atoms with E-state index in [0.29, 0.717) is 30.6 Å². The first kappa shape index (κ1) is 14.7. The lowest BCUT2D eigenvalue weighted by Gasteiger charge is -2.22. The van der Waals surface area contributed by atoms with Crippen LogP contribution in [0, 0.1) is 0 Å². The summed E-state index contributed by atoms with van der Waals surface area (Å²) in [5.74, 6) is -0.952. The van der Waals surface area contributed by atoms with Crippen molar-refractivity contribution in [1.29, 1.82) is 0 Å². The zero-order chi connectivity index (χ0) is 14.4. The van der Waals surface area contributed by atoms with Crippen LogP contribution >= 0.6 is 0 Å². The van der Waals surface area contributed by atoms with Crippen molar-refractivity contribution >= 4 is 17.3 Å². The second-order valence-electron chi connectivity index (χ2n) is 5.16. The molecule has 110 valence electrons. The van der Waals surface area contributed by atoms with Gasteiger partial charge in [-0.1, -0.05) is 19.3 Å². The predicted molar refractivity (Wildman–Crippen MR) is 79.1 cm³/mol. The van der Waals surface area contributed by atoms with Crippen LogP contribution in [0.5, 0.6) is 0 Å². The first-order valence-corrected chi connectivity index (χ1v) is 7.15. The summed E-state index contributed by atoms with van der Waals surface area (Å²) in [4.78, 5) is 10.9. The number of ether oxygens (including phenoxy) is 1. The maximum Gasteiger partial charge on any atom is 0.335 e. The predicted octanol–water partition coefficient (Wildman–Crippen LogP) is 2.73. The third-order valence-electron chi connectivity index (χ3n) is 3.62. The van der Waals surface area contributed by atoms with Crippen LogP contribution in [0.25, 0.3) is 0 Å². The Morgan fingerprint density at radius 3 is 2.80 bits per heavy atom. The van der Waals surface area contributed by atoms with Gasteiger partial charge in [0, 0.05) is 6.54 Å². The van der Waals surface area contributed by atoms with Gasteiger partial charge in [-0.25, -0.2) is 4.79 Å². The van der Waals surface area contributed by atoms with Gasteiger partial charge in [0.05, 0.1) is 29.6 Å². The first-order chi connectivity index (χ1) is 9.66. The molecule has 0 spiro atoms. The zero-order valence-electron chi connectivity index (χ0n) is 11.6. The molecule has 0 heterocycles. The van der Waals surface area contributed by atoms with E-state index in [2.05, 4.69) is 5.32 Å². The minimum absolute atomic E-state index is 0.231. The van der Waals surface area contributed by atoms with Crippen LogP contribution in [0.2, 0.25) is 0 Å². The molecular formula is C15H22N2O3. The van der Waals surface area contributed by atoms with Crippen molar-refractivity contribution < 1.29 is 14.6 Å². The summed E-state index contributed by atoms with van der Waals surface area (Å²) in [6.07, 6.45) is 6.51. The summed E-state index contributed by atoms with van der Waals surface area (Å²) in [6, 6.07) is 4.66. The molecule has 0 aromatic heterocycles. The zero-order valence-corrected chi connectivity index (χ0v) is 11.6. The van der Waals surface area contributed by atoms with Gasteiger partial charge >= 0.3 is 5.97 Å². The highest BCUT2D eigenvalue weighted by Gasteiger charge is 2.13. The number of nitrogen functional groups attached to an aromatic ring is 1. The molecule has 1 aliphatic carbocycles. The van der Waals surface area contributed by atoms with Gasteiger partial charge in [0.25, 0.3) is 0 Å². The van der Waals surface area contributed by atoms with E-state index in [1.165, 1.54) is 25.3 Å². The Kier molecular flexibility index (Phi) is 5.24. The van der Waals surface area contributed by atoms with Gasteiger partial charge in [0.1, 0.15) is 0 Å². The molecule has 0 amide bonds. The third-order valence-corrected chi connectivity index (χ3v) is 3.62. The smallest absolute Gasteiger partial charge is 0.335 e. The fraction of sp³-hybridized carbons (Fsp3) is 0.533. The number of anilines is 2. The van der Waals surface area contributed by atoms with E-state index in [9.17, 15) is 4.79 Å². The lowest BCUT2D eigenvalue weighted by atomic mass is 9.98. The lowest BCUT2D eigenvalue weighted by molar-refractivity contribution is 0.0347. The van der Waals surface area contributed by atoms with Gasteiger partial charge < -0.3 is 20.9 Å². The molecule has 1 fully saturated rings. The van der Waals surface area contributed by atoms with E-state index in [-0.39, 0.29) is 5.56 Å². The minimum Gasteiger partial charge on any atom is -0.478 e. The Bertz CT molecular complexity index is 456. The Hall–Kier alpha value is -1.75. The number of carbonyl (C=O) groups is 1. The summed E-state index contributed by atoms with van der Waals surface area (Å²) in [7, 11) is 0. The second kappa shape index (κ2) is 7.14. The van der Waals surface area contributed by atoms with Crippen molar-refractivity contribution in [2.24, 2.45) is 0 Å². The number of hydrogen-bond acceptors (Lipinski definition) is 4. The molecule has 0 bridgehead atoms. The van der Waals surface area contributed by atoms with Crippen LogP contribution in [0.3, 0.4) is 0 Å². The molecule has 1 aliphatic rings. The van der Waals surface area contributed by atoms with Crippen LogP contribution < -0.4 is 11.1 Å². The highest BCUT2D eigenvalue weighted by molar-refractivity contribution is 5.90. The van der Waals surface area contributed by atoms with E-state index < -0.39 is 5.97 Å². The van der Waals surface area contributed by atoms with Crippen molar-refractivity contribution in [2.75, 3.05) is 24.2 Å². The normalized spacial score (nSPS) is 16.0. The van der Waals surface area contributed by atoms with E-state index in [4.69, 9.17) is 15.6 Å². The van der Waals surface area contributed by atoms with Crippen LogP contribution in [0.4, 0.5) is 11.4 Å². The van der Waals surface area contributed by atoms with Crippen molar-refractivity contribution in [2.45, 2.75) is 38.2 Å². The summed E-state index contributed by atoms with van der Waals surface area (Å²) < 4.78 is 5.80. The minimum atomic E-state index is -0.952. The molecule has 1 aromatic carbocycles. The van der Waals surface area contributed by atoms with E-state index in [0.717, 1.165) is 12.8 Å². The molecule has 5 heteroatoms. The van der Waals surface area contributed by atoms with Crippen LogP contribution in [0.15, 0.2) is 18.2 Å². The Morgan fingerprint density at radius 1 is 1.35 bits per heavy atom.